The van der Waals surface area contributed by atoms with Gasteiger partial charge < -0.3 is 19.4 Å². The SMILES string of the molecule is COc1ccc(C(=O)/C(CC2CCCCC2)=C(/C(=O)[O-])c2ccc3nsnc3c2)cc1OC.[Na+]. The molecule has 0 N–H and O–H groups in total. The summed E-state index contributed by atoms with van der Waals surface area (Å²) in [5.41, 5.74) is 2.17. The molecule has 0 radical (unpaired) electrons. The Kier molecular flexibility index (Phi) is 9.24. The molecule has 9 heteroatoms. The molecule has 4 rings (SSSR count). The Hall–Kier alpha value is -2.26. The molecule has 7 nitrogen and oxygen atoms in total. The summed E-state index contributed by atoms with van der Waals surface area (Å²) in [6.45, 7) is 0. The second-order valence-corrected chi connectivity index (χ2v) is 8.74. The molecule has 1 aromatic heterocycles. The second-order valence-electron chi connectivity index (χ2n) is 8.22. The van der Waals surface area contributed by atoms with Gasteiger partial charge in [-0.2, -0.15) is 8.75 Å². The first kappa shape index (κ1) is 26.3. The molecule has 2 aromatic carbocycles. The van der Waals surface area contributed by atoms with Crippen molar-refractivity contribution in [2.75, 3.05) is 14.2 Å². The van der Waals surface area contributed by atoms with E-state index in [2.05, 4.69) is 8.75 Å². The van der Waals surface area contributed by atoms with Crippen LogP contribution in [0.25, 0.3) is 16.6 Å². The van der Waals surface area contributed by atoms with Crippen molar-refractivity contribution in [2.24, 2.45) is 5.92 Å². The van der Waals surface area contributed by atoms with Gasteiger partial charge in [0.25, 0.3) is 0 Å². The van der Waals surface area contributed by atoms with Gasteiger partial charge in [-0.15, -0.1) is 0 Å². The summed E-state index contributed by atoms with van der Waals surface area (Å²) in [6.07, 6.45) is 5.65. The number of methoxy groups -OCH3 is 2. The van der Waals surface area contributed by atoms with Gasteiger partial charge >= 0.3 is 29.6 Å². The van der Waals surface area contributed by atoms with Crippen LogP contribution in [0.2, 0.25) is 0 Å². The standard InChI is InChI=1S/C25H26N2O5S.Na/c1-31-21-11-9-17(14-22(21)32-2)24(28)18(12-15-6-4-3-5-7-15)23(25(29)30)16-8-10-19-20(13-16)27-33-26-19;/h8-11,13-15H,3-7,12H2,1-2H3,(H,29,30);/q;+1/p-1/b23-18+;. The smallest absolute Gasteiger partial charge is 0.545 e. The minimum atomic E-state index is -1.38. The summed E-state index contributed by atoms with van der Waals surface area (Å²) in [4.78, 5) is 26.2. The van der Waals surface area contributed by atoms with Crippen LogP contribution in [0.4, 0.5) is 0 Å². The first-order valence-corrected chi connectivity index (χ1v) is 11.7. The molecule has 0 atom stereocenters. The van der Waals surface area contributed by atoms with Crippen LogP contribution in [0, 0.1) is 5.92 Å². The summed E-state index contributed by atoms with van der Waals surface area (Å²) in [5.74, 6) is -0.579. The summed E-state index contributed by atoms with van der Waals surface area (Å²) in [6, 6.07) is 9.91. The Balaban J connectivity index is 0.00000324. The van der Waals surface area contributed by atoms with Crippen molar-refractivity contribution < 1.29 is 53.7 Å². The second kappa shape index (κ2) is 11.9. The maximum absolute atomic E-state index is 13.7. The molecule has 1 heterocycles. The van der Waals surface area contributed by atoms with Gasteiger partial charge in [0.1, 0.15) is 11.0 Å². The van der Waals surface area contributed by atoms with Gasteiger partial charge in [-0.3, -0.25) is 4.79 Å². The molecular formula is C25H25N2NaO5S. The Morgan fingerprint density at radius 3 is 2.29 bits per heavy atom. The van der Waals surface area contributed by atoms with Gasteiger partial charge in [0.2, 0.25) is 0 Å². The summed E-state index contributed by atoms with van der Waals surface area (Å²) in [7, 11) is 3.01. The molecule has 0 spiro atoms. The van der Waals surface area contributed by atoms with Crippen molar-refractivity contribution >= 4 is 40.1 Å². The number of nitrogens with zero attached hydrogens (tertiary/aromatic N) is 2. The number of aliphatic carboxylic acids is 1. The molecule has 0 bridgehead atoms. The van der Waals surface area contributed by atoms with Crippen LogP contribution in [0.15, 0.2) is 42.0 Å². The minimum Gasteiger partial charge on any atom is -0.545 e. The molecule has 3 aromatic rings. The van der Waals surface area contributed by atoms with Crippen molar-refractivity contribution in [3.05, 3.63) is 53.1 Å². The quantitative estimate of drug-likeness (QED) is 0.266. The third kappa shape index (κ3) is 5.68. The molecule has 1 saturated carbocycles. The number of ketones is 1. The van der Waals surface area contributed by atoms with Crippen molar-refractivity contribution in [1.29, 1.82) is 0 Å². The summed E-state index contributed by atoms with van der Waals surface area (Å²) in [5, 5.41) is 12.4. The number of benzene rings is 2. The summed E-state index contributed by atoms with van der Waals surface area (Å²) >= 11 is 1.06. The van der Waals surface area contributed by atoms with E-state index in [1.807, 2.05) is 0 Å². The van der Waals surface area contributed by atoms with Crippen molar-refractivity contribution in [3.63, 3.8) is 0 Å². The van der Waals surface area contributed by atoms with Gasteiger partial charge in [0, 0.05) is 16.7 Å². The molecular weight excluding hydrogens is 463 g/mol. The van der Waals surface area contributed by atoms with Crippen LogP contribution in [0.5, 0.6) is 11.5 Å². The maximum Gasteiger partial charge on any atom is 1.00 e. The Morgan fingerprint density at radius 1 is 0.941 bits per heavy atom. The number of hydrogen-bond acceptors (Lipinski definition) is 8. The first-order valence-electron chi connectivity index (χ1n) is 11.0. The third-order valence-corrected chi connectivity index (χ3v) is 6.74. The average Bonchev–Trinajstić information content (AvgIpc) is 3.31. The zero-order chi connectivity index (χ0) is 23.4. The molecule has 172 valence electrons. The zero-order valence-electron chi connectivity index (χ0n) is 19.6. The number of carbonyl (C=O) groups excluding carboxylic acids is 2. The van der Waals surface area contributed by atoms with Gasteiger partial charge in [-0.1, -0.05) is 38.2 Å². The number of rotatable bonds is 8. The van der Waals surface area contributed by atoms with Gasteiger partial charge in [-0.25, -0.2) is 0 Å². The molecule has 1 aliphatic rings. The Morgan fingerprint density at radius 2 is 1.62 bits per heavy atom. The van der Waals surface area contributed by atoms with Crippen LogP contribution in [0.1, 0.15) is 54.4 Å². The van der Waals surface area contributed by atoms with Crippen molar-refractivity contribution in [2.45, 2.75) is 38.5 Å². The maximum atomic E-state index is 13.7. The largest absolute Gasteiger partial charge is 1.00 e. The molecule has 0 amide bonds. The number of allylic oxidation sites excluding steroid dienone is 1. The molecule has 0 unspecified atom stereocenters. The van der Waals surface area contributed by atoms with E-state index in [1.165, 1.54) is 20.6 Å². The number of aromatic nitrogens is 2. The fourth-order valence-corrected chi connectivity index (χ4v) is 5.01. The molecule has 1 aliphatic carbocycles. The Bertz CT molecular complexity index is 1220. The predicted molar refractivity (Wildman–Crippen MR) is 124 cm³/mol. The van der Waals surface area contributed by atoms with E-state index >= 15 is 0 Å². The van der Waals surface area contributed by atoms with E-state index in [-0.39, 0.29) is 52.4 Å². The number of Topliss-reactive ketones (excluding diaryl/α,β-unsaturated/α-hetero) is 1. The molecule has 1 fully saturated rings. The normalized spacial score (nSPS) is 14.8. The van der Waals surface area contributed by atoms with Gasteiger partial charge in [0.15, 0.2) is 17.3 Å². The topological polar surface area (TPSA) is 101 Å². The van der Waals surface area contributed by atoms with Gasteiger partial charge in [0.05, 0.1) is 31.9 Å². The van der Waals surface area contributed by atoms with Crippen LogP contribution in [-0.2, 0) is 4.79 Å². The van der Waals surface area contributed by atoms with Crippen LogP contribution in [-0.4, -0.2) is 34.7 Å². The summed E-state index contributed by atoms with van der Waals surface area (Å²) < 4.78 is 19.0. The van der Waals surface area contributed by atoms with Crippen molar-refractivity contribution in [3.8, 4) is 11.5 Å². The number of fused-ring (bicyclic) bond motifs is 1. The molecule has 0 saturated heterocycles. The van der Waals surface area contributed by atoms with E-state index < -0.39 is 5.97 Å². The van der Waals surface area contributed by atoms with Gasteiger partial charge in [-0.05, 0) is 48.2 Å². The van der Waals surface area contributed by atoms with E-state index in [1.54, 1.807) is 36.4 Å². The first-order chi connectivity index (χ1) is 16.0. The molecule has 0 aliphatic heterocycles. The van der Waals surface area contributed by atoms with Crippen LogP contribution < -0.4 is 44.1 Å². The monoisotopic (exact) mass is 488 g/mol. The fourth-order valence-electron chi connectivity index (χ4n) is 4.49. The van der Waals surface area contributed by atoms with Crippen LogP contribution >= 0.6 is 11.7 Å². The molecule has 34 heavy (non-hydrogen) atoms. The van der Waals surface area contributed by atoms with E-state index in [0.717, 1.165) is 37.4 Å². The number of ether oxygens (including phenoxy) is 2. The number of carboxylic acids is 1. The minimum absolute atomic E-state index is 0. The van der Waals surface area contributed by atoms with E-state index in [4.69, 9.17) is 9.47 Å². The van der Waals surface area contributed by atoms with E-state index in [9.17, 15) is 14.7 Å². The number of carbonyl (C=O) groups is 2. The zero-order valence-corrected chi connectivity index (χ0v) is 22.4. The van der Waals surface area contributed by atoms with Crippen LogP contribution in [0.3, 0.4) is 0 Å². The average molecular weight is 489 g/mol. The number of carboxylic acid groups (broad SMARTS) is 1. The predicted octanol–water partition coefficient (Wildman–Crippen LogP) is 1.07. The van der Waals surface area contributed by atoms with E-state index in [0.29, 0.717) is 40.1 Å². The number of hydrogen-bond donors (Lipinski definition) is 0. The fraction of sp³-hybridized carbons (Fsp3) is 0.360. The van der Waals surface area contributed by atoms with Crippen molar-refractivity contribution in [1.82, 2.24) is 8.75 Å². The third-order valence-electron chi connectivity index (χ3n) is 6.19. The Labute approximate surface area is 224 Å².